The topological polar surface area (TPSA) is 85.6 Å². The van der Waals surface area contributed by atoms with E-state index in [0.717, 1.165) is 17.3 Å². The molecule has 10 heteroatoms. The Hall–Kier alpha value is -1.08. The zero-order valence-corrected chi connectivity index (χ0v) is 21.9. The van der Waals surface area contributed by atoms with Gasteiger partial charge in [0.05, 0.1) is 18.2 Å². The summed E-state index contributed by atoms with van der Waals surface area (Å²) in [5.41, 5.74) is 1.31. The van der Waals surface area contributed by atoms with Crippen molar-refractivity contribution >= 4 is 56.9 Å². The number of ketones is 1. The predicted octanol–water partition coefficient (Wildman–Crippen LogP) is 3.94. The Kier molecular flexibility index (Phi) is 6.93. The SMILES string of the molecule is C[Si](C)(C)N[C@@H]1C(=O)C2C(C(=O)O[Si](C)(C)C)=C(CSC(=O)c3ccco3)CS[C@@H]21. The molecule has 0 aromatic carbocycles. The monoisotopic (exact) mass is 483 g/mol. The quantitative estimate of drug-likeness (QED) is 0.584. The Bertz CT molecular complexity index is 871. The molecule has 1 fully saturated rings. The smallest absolute Gasteiger partial charge is 0.321 e. The van der Waals surface area contributed by atoms with E-state index in [2.05, 4.69) is 24.6 Å². The first-order chi connectivity index (χ1) is 13.9. The molecular formula is C20H29NO5S2Si2. The molecule has 6 nitrogen and oxygen atoms in total. The predicted molar refractivity (Wildman–Crippen MR) is 127 cm³/mol. The van der Waals surface area contributed by atoms with Gasteiger partial charge in [0.1, 0.15) is 8.24 Å². The van der Waals surface area contributed by atoms with Crippen LogP contribution in [0.1, 0.15) is 10.6 Å². The number of furan rings is 1. The number of hydrogen-bond donors (Lipinski definition) is 1. The lowest BCUT2D eigenvalue weighted by Crippen LogP contribution is -2.68. The van der Waals surface area contributed by atoms with Gasteiger partial charge in [0, 0.05) is 22.3 Å². The normalized spacial score (nSPS) is 24.3. The molecule has 0 bridgehead atoms. The highest BCUT2D eigenvalue weighted by molar-refractivity contribution is 8.14. The molecule has 164 valence electrons. The molecule has 1 aromatic heterocycles. The first-order valence-corrected chi connectivity index (χ1v) is 18.9. The van der Waals surface area contributed by atoms with Gasteiger partial charge in [0.2, 0.25) is 8.32 Å². The molecule has 1 unspecified atom stereocenters. The highest BCUT2D eigenvalue weighted by Gasteiger charge is 2.56. The van der Waals surface area contributed by atoms with E-state index in [4.69, 9.17) is 8.84 Å². The average molecular weight is 484 g/mol. The van der Waals surface area contributed by atoms with Crippen LogP contribution < -0.4 is 4.98 Å². The highest BCUT2D eigenvalue weighted by atomic mass is 32.2. The van der Waals surface area contributed by atoms with Crippen molar-refractivity contribution in [1.82, 2.24) is 4.98 Å². The molecule has 1 aliphatic carbocycles. The standard InChI is InChI=1S/C20H29NO5S2Si2/c1-29(2,3)21-16-17(22)15-14(19(23)26-30(4,5)6)12(10-27-18(15)16)11-28-20(24)13-8-7-9-25-13/h7-9,15-16,18,21H,10-11H2,1-6H3/t15?,16-,18+/m1/s1. The summed E-state index contributed by atoms with van der Waals surface area (Å²) in [5, 5.41) is -0.140. The van der Waals surface area contributed by atoms with Crippen LogP contribution >= 0.6 is 23.5 Å². The molecule has 2 aliphatic rings. The van der Waals surface area contributed by atoms with Gasteiger partial charge in [0.25, 0.3) is 5.12 Å². The summed E-state index contributed by atoms with van der Waals surface area (Å²) in [6.07, 6.45) is 1.46. The van der Waals surface area contributed by atoms with Gasteiger partial charge in [-0.25, -0.2) is 4.79 Å². The van der Waals surface area contributed by atoms with E-state index >= 15 is 0 Å². The maximum atomic E-state index is 13.1. The third-order valence-electron chi connectivity index (χ3n) is 4.72. The maximum absolute atomic E-state index is 13.1. The van der Waals surface area contributed by atoms with Crippen molar-refractivity contribution in [3.05, 3.63) is 35.3 Å². The Morgan fingerprint density at radius 1 is 1.27 bits per heavy atom. The number of carbonyl (C=O) groups excluding carboxylic acids is 3. The fourth-order valence-corrected chi connectivity index (χ4v) is 8.05. The lowest BCUT2D eigenvalue weighted by molar-refractivity contribution is -0.137. The Morgan fingerprint density at radius 3 is 2.53 bits per heavy atom. The summed E-state index contributed by atoms with van der Waals surface area (Å²) in [4.78, 5) is 42.0. The van der Waals surface area contributed by atoms with Crippen LogP contribution in [0.3, 0.4) is 0 Å². The molecule has 1 saturated carbocycles. The molecule has 1 aliphatic heterocycles. The van der Waals surface area contributed by atoms with Gasteiger partial charge in [-0.2, -0.15) is 11.8 Å². The van der Waals surface area contributed by atoms with Crippen molar-refractivity contribution in [2.24, 2.45) is 5.92 Å². The number of hydrogen-bond acceptors (Lipinski definition) is 8. The van der Waals surface area contributed by atoms with Crippen molar-refractivity contribution in [1.29, 1.82) is 0 Å². The minimum Gasteiger partial charge on any atom is -0.517 e. The zero-order valence-electron chi connectivity index (χ0n) is 18.2. The van der Waals surface area contributed by atoms with Gasteiger partial charge in [0.15, 0.2) is 11.5 Å². The van der Waals surface area contributed by atoms with Crippen LogP contribution in [-0.4, -0.2) is 56.2 Å². The summed E-state index contributed by atoms with van der Waals surface area (Å²) in [7, 11) is -3.77. The van der Waals surface area contributed by atoms with Crippen LogP contribution in [0.25, 0.3) is 0 Å². The van der Waals surface area contributed by atoms with Crippen LogP contribution in [0.4, 0.5) is 0 Å². The van der Waals surface area contributed by atoms with E-state index in [1.165, 1.54) is 6.26 Å². The third kappa shape index (κ3) is 5.39. The van der Waals surface area contributed by atoms with Crippen molar-refractivity contribution in [2.75, 3.05) is 11.5 Å². The summed E-state index contributed by atoms with van der Waals surface area (Å²) >= 11 is 2.80. The van der Waals surface area contributed by atoms with E-state index in [1.54, 1.807) is 23.9 Å². The van der Waals surface area contributed by atoms with E-state index in [9.17, 15) is 14.4 Å². The average Bonchev–Trinajstić information content (AvgIpc) is 3.16. The van der Waals surface area contributed by atoms with Crippen molar-refractivity contribution in [3.8, 4) is 0 Å². The lowest BCUT2D eigenvalue weighted by Gasteiger charge is -2.49. The van der Waals surface area contributed by atoms with E-state index in [1.807, 2.05) is 19.6 Å². The van der Waals surface area contributed by atoms with Crippen LogP contribution in [0.2, 0.25) is 39.3 Å². The number of carbonyl (C=O) groups is 3. The van der Waals surface area contributed by atoms with E-state index in [-0.39, 0.29) is 33.9 Å². The van der Waals surface area contributed by atoms with E-state index in [0.29, 0.717) is 17.1 Å². The minimum absolute atomic E-state index is 0.0444. The fraction of sp³-hybridized carbons (Fsp3) is 0.550. The fourth-order valence-electron chi connectivity index (χ4n) is 3.55. The minimum atomic E-state index is -2.13. The first-order valence-electron chi connectivity index (χ1n) is 9.96. The van der Waals surface area contributed by atoms with Gasteiger partial charge < -0.3 is 13.8 Å². The number of rotatable bonds is 7. The molecule has 0 amide bonds. The molecule has 3 rings (SSSR count). The summed E-state index contributed by atoms with van der Waals surface area (Å²) in [6.45, 7) is 12.4. The van der Waals surface area contributed by atoms with Crippen LogP contribution in [0.5, 0.6) is 0 Å². The Labute approximate surface area is 188 Å². The van der Waals surface area contributed by atoms with E-state index < -0.39 is 22.5 Å². The molecule has 0 spiro atoms. The number of Topliss-reactive ketones (excluding diaryl/α,β-unsaturated/α-hetero) is 1. The number of nitrogens with one attached hydrogen (secondary N) is 1. The summed E-state index contributed by atoms with van der Waals surface area (Å²) in [5.74, 6) is 0.489. The molecule has 0 radical (unpaired) electrons. The van der Waals surface area contributed by atoms with Crippen LogP contribution in [0.15, 0.2) is 34.0 Å². The second-order valence-electron chi connectivity index (χ2n) is 9.60. The number of fused-ring (bicyclic) bond motifs is 1. The first kappa shape index (κ1) is 23.6. The maximum Gasteiger partial charge on any atom is 0.321 e. The summed E-state index contributed by atoms with van der Waals surface area (Å²) < 4.78 is 10.9. The third-order valence-corrected chi connectivity index (χ3v) is 9.09. The van der Waals surface area contributed by atoms with Gasteiger partial charge in [-0.15, -0.1) is 0 Å². The molecule has 1 aromatic rings. The Morgan fingerprint density at radius 2 is 1.97 bits per heavy atom. The molecule has 2 heterocycles. The Balaban J connectivity index is 1.84. The number of thioether (sulfide) groups is 2. The zero-order chi connectivity index (χ0) is 22.3. The molecule has 1 N–H and O–H groups in total. The van der Waals surface area contributed by atoms with Crippen LogP contribution in [-0.2, 0) is 14.0 Å². The van der Waals surface area contributed by atoms with Crippen molar-refractivity contribution in [3.63, 3.8) is 0 Å². The second kappa shape index (κ2) is 8.81. The van der Waals surface area contributed by atoms with Gasteiger partial charge in [-0.05, 0) is 37.3 Å². The van der Waals surface area contributed by atoms with Gasteiger partial charge in [-0.1, -0.05) is 31.4 Å². The molecular weight excluding hydrogens is 455 g/mol. The van der Waals surface area contributed by atoms with Crippen molar-refractivity contribution < 1.29 is 23.2 Å². The van der Waals surface area contributed by atoms with Gasteiger partial charge >= 0.3 is 5.97 Å². The molecule has 3 atom stereocenters. The van der Waals surface area contributed by atoms with Crippen molar-refractivity contribution in [2.45, 2.75) is 50.6 Å². The molecule has 30 heavy (non-hydrogen) atoms. The highest BCUT2D eigenvalue weighted by Crippen LogP contribution is 2.47. The van der Waals surface area contributed by atoms with Gasteiger partial charge in [-0.3, -0.25) is 9.59 Å². The van der Waals surface area contributed by atoms with Crippen LogP contribution in [0, 0.1) is 5.92 Å². The molecule has 0 saturated heterocycles. The summed E-state index contributed by atoms with van der Waals surface area (Å²) in [6, 6.07) is 3.09. The second-order valence-corrected chi connectivity index (χ2v) is 20.9. The lowest BCUT2D eigenvalue weighted by atomic mass is 9.72. The largest absolute Gasteiger partial charge is 0.517 e.